The van der Waals surface area contributed by atoms with Crippen LogP contribution in [0.15, 0.2) is 6.07 Å². The van der Waals surface area contributed by atoms with Crippen LogP contribution in [0.5, 0.6) is 0 Å². The van der Waals surface area contributed by atoms with Crippen molar-refractivity contribution in [2.45, 2.75) is 32.7 Å². The molecule has 6 heteroatoms. The van der Waals surface area contributed by atoms with Gasteiger partial charge in [-0.3, -0.25) is 4.68 Å². The third-order valence-electron chi connectivity index (χ3n) is 1.71. The number of halogens is 4. The zero-order chi connectivity index (χ0) is 10.7. The fourth-order valence-corrected chi connectivity index (χ4v) is 1.13. The molecule has 0 amide bonds. The molecular formula is C8H10F4N2. The summed E-state index contributed by atoms with van der Waals surface area (Å²) in [5, 5.41) is 3.41. The SMILES string of the molecule is CCCn1nc(C(F)F)cc1C(F)F. The second kappa shape index (κ2) is 4.43. The Labute approximate surface area is 78.5 Å². The molecule has 1 aromatic heterocycles. The van der Waals surface area contributed by atoms with Gasteiger partial charge in [0, 0.05) is 6.54 Å². The lowest BCUT2D eigenvalue weighted by Crippen LogP contribution is -2.04. The molecule has 1 rings (SSSR count). The fourth-order valence-electron chi connectivity index (χ4n) is 1.13. The second-order valence-electron chi connectivity index (χ2n) is 2.82. The molecule has 0 unspecified atom stereocenters. The summed E-state index contributed by atoms with van der Waals surface area (Å²) >= 11 is 0. The molecule has 1 heterocycles. The minimum absolute atomic E-state index is 0.229. The number of nitrogens with zero attached hydrogens (tertiary/aromatic N) is 2. The first-order valence-corrected chi connectivity index (χ1v) is 4.20. The van der Waals surface area contributed by atoms with Crippen LogP contribution in [0, 0.1) is 0 Å². The van der Waals surface area contributed by atoms with Gasteiger partial charge in [-0.1, -0.05) is 6.92 Å². The lowest BCUT2D eigenvalue weighted by Gasteiger charge is -2.03. The van der Waals surface area contributed by atoms with E-state index in [-0.39, 0.29) is 6.54 Å². The average molecular weight is 210 g/mol. The van der Waals surface area contributed by atoms with E-state index in [1.807, 2.05) is 0 Å². The zero-order valence-electron chi connectivity index (χ0n) is 7.55. The normalized spacial score (nSPS) is 11.6. The van der Waals surface area contributed by atoms with Crippen LogP contribution in [-0.2, 0) is 6.54 Å². The van der Waals surface area contributed by atoms with Gasteiger partial charge in [-0.25, -0.2) is 17.6 Å². The molecule has 80 valence electrons. The predicted molar refractivity (Wildman–Crippen MR) is 42.4 cm³/mol. The zero-order valence-corrected chi connectivity index (χ0v) is 7.55. The molecule has 0 saturated carbocycles. The Morgan fingerprint density at radius 3 is 2.36 bits per heavy atom. The molecule has 0 fully saturated rings. The summed E-state index contributed by atoms with van der Waals surface area (Å²) in [6.45, 7) is 1.99. The largest absolute Gasteiger partial charge is 0.282 e. The first-order valence-electron chi connectivity index (χ1n) is 4.20. The number of aryl methyl sites for hydroxylation is 1. The molecule has 0 radical (unpaired) electrons. The summed E-state index contributed by atoms with van der Waals surface area (Å²) in [5.74, 6) is 0. The summed E-state index contributed by atoms with van der Waals surface area (Å²) in [6, 6.07) is 0.755. The third kappa shape index (κ3) is 2.24. The van der Waals surface area contributed by atoms with Gasteiger partial charge < -0.3 is 0 Å². The van der Waals surface area contributed by atoms with Crippen molar-refractivity contribution in [3.8, 4) is 0 Å². The highest BCUT2D eigenvalue weighted by atomic mass is 19.3. The first-order chi connectivity index (χ1) is 6.56. The van der Waals surface area contributed by atoms with Gasteiger partial charge in [0.25, 0.3) is 12.9 Å². The highest BCUT2D eigenvalue weighted by Crippen LogP contribution is 2.24. The Bertz CT molecular complexity index is 296. The number of hydrogen-bond donors (Lipinski definition) is 0. The molecule has 0 atom stereocenters. The van der Waals surface area contributed by atoms with E-state index in [4.69, 9.17) is 0 Å². The maximum atomic E-state index is 12.3. The average Bonchev–Trinajstić information content (AvgIpc) is 2.49. The quantitative estimate of drug-likeness (QED) is 0.698. The molecule has 2 nitrogen and oxygen atoms in total. The van der Waals surface area contributed by atoms with E-state index in [2.05, 4.69) is 5.10 Å². The summed E-state index contributed by atoms with van der Waals surface area (Å²) in [6.07, 6.45) is -4.99. The van der Waals surface area contributed by atoms with Gasteiger partial charge in [0.2, 0.25) is 0 Å². The Morgan fingerprint density at radius 2 is 1.93 bits per heavy atom. The van der Waals surface area contributed by atoms with Crippen molar-refractivity contribution in [1.82, 2.24) is 9.78 Å². The van der Waals surface area contributed by atoms with Crippen molar-refractivity contribution in [3.05, 3.63) is 17.5 Å². The van der Waals surface area contributed by atoms with Crippen molar-refractivity contribution in [1.29, 1.82) is 0 Å². The Morgan fingerprint density at radius 1 is 1.29 bits per heavy atom. The molecule has 0 saturated heterocycles. The molecule has 0 N–H and O–H groups in total. The van der Waals surface area contributed by atoms with Crippen molar-refractivity contribution >= 4 is 0 Å². The van der Waals surface area contributed by atoms with Gasteiger partial charge in [0.1, 0.15) is 11.4 Å². The molecule has 0 aliphatic heterocycles. The van der Waals surface area contributed by atoms with Crippen LogP contribution in [-0.4, -0.2) is 9.78 Å². The Balaban J connectivity index is 2.99. The molecule has 1 aromatic rings. The molecule has 0 aliphatic rings. The maximum absolute atomic E-state index is 12.3. The molecule has 0 bridgehead atoms. The molecular weight excluding hydrogens is 200 g/mol. The number of rotatable bonds is 4. The van der Waals surface area contributed by atoms with E-state index in [1.54, 1.807) is 6.92 Å². The molecule has 0 aliphatic carbocycles. The van der Waals surface area contributed by atoms with Gasteiger partial charge in [0.05, 0.1) is 0 Å². The minimum atomic E-state index is -2.80. The van der Waals surface area contributed by atoms with Crippen LogP contribution in [0.2, 0.25) is 0 Å². The van der Waals surface area contributed by atoms with Crippen LogP contribution in [0.25, 0.3) is 0 Å². The molecule has 0 spiro atoms. The van der Waals surface area contributed by atoms with Gasteiger partial charge in [-0.05, 0) is 12.5 Å². The van der Waals surface area contributed by atoms with Crippen LogP contribution < -0.4 is 0 Å². The molecule has 14 heavy (non-hydrogen) atoms. The minimum Gasteiger partial charge on any atom is -0.263 e. The highest BCUT2D eigenvalue weighted by molar-refractivity contribution is 5.12. The van der Waals surface area contributed by atoms with E-state index >= 15 is 0 Å². The van der Waals surface area contributed by atoms with Crippen LogP contribution in [0.4, 0.5) is 17.6 Å². The fraction of sp³-hybridized carbons (Fsp3) is 0.625. The standard InChI is InChI=1S/C8H10F4N2/c1-2-3-14-6(8(11)12)4-5(13-14)7(9)10/h4,7-8H,2-3H2,1H3. The summed E-state index contributed by atoms with van der Waals surface area (Å²) in [5.41, 5.74) is -1.03. The Kier molecular flexibility index (Phi) is 3.49. The second-order valence-corrected chi connectivity index (χ2v) is 2.82. The third-order valence-corrected chi connectivity index (χ3v) is 1.71. The van der Waals surface area contributed by atoms with Crippen molar-refractivity contribution in [2.75, 3.05) is 0 Å². The summed E-state index contributed by atoms with van der Waals surface area (Å²) < 4.78 is 49.9. The lowest BCUT2D eigenvalue weighted by molar-refractivity contribution is 0.138. The predicted octanol–water partition coefficient (Wildman–Crippen LogP) is 3.17. The van der Waals surface area contributed by atoms with Crippen molar-refractivity contribution in [3.63, 3.8) is 0 Å². The van der Waals surface area contributed by atoms with E-state index in [0.717, 1.165) is 10.7 Å². The highest BCUT2D eigenvalue weighted by Gasteiger charge is 2.20. The van der Waals surface area contributed by atoms with Gasteiger partial charge in [-0.15, -0.1) is 0 Å². The summed E-state index contributed by atoms with van der Waals surface area (Å²) in [4.78, 5) is 0. The number of alkyl halides is 4. The van der Waals surface area contributed by atoms with E-state index in [9.17, 15) is 17.6 Å². The monoisotopic (exact) mass is 210 g/mol. The van der Waals surface area contributed by atoms with Crippen molar-refractivity contribution < 1.29 is 17.6 Å². The van der Waals surface area contributed by atoms with Gasteiger partial charge in [0.15, 0.2) is 0 Å². The maximum Gasteiger partial charge on any atom is 0.282 e. The van der Waals surface area contributed by atoms with E-state index < -0.39 is 24.2 Å². The number of hydrogen-bond acceptors (Lipinski definition) is 1. The lowest BCUT2D eigenvalue weighted by atomic mass is 10.3. The van der Waals surface area contributed by atoms with Crippen LogP contribution in [0.3, 0.4) is 0 Å². The van der Waals surface area contributed by atoms with Crippen LogP contribution in [0.1, 0.15) is 37.6 Å². The van der Waals surface area contributed by atoms with E-state index in [1.165, 1.54) is 0 Å². The van der Waals surface area contributed by atoms with Gasteiger partial charge in [-0.2, -0.15) is 5.10 Å². The molecule has 0 aromatic carbocycles. The topological polar surface area (TPSA) is 17.8 Å². The number of aromatic nitrogens is 2. The van der Waals surface area contributed by atoms with Crippen molar-refractivity contribution in [2.24, 2.45) is 0 Å². The van der Waals surface area contributed by atoms with E-state index in [0.29, 0.717) is 6.42 Å². The van der Waals surface area contributed by atoms with Gasteiger partial charge >= 0.3 is 0 Å². The Hall–Kier alpha value is -1.07. The smallest absolute Gasteiger partial charge is 0.263 e. The van der Waals surface area contributed by atoms with Crippen LogP contribution >= 0.6 is 0 Å². The first kappa shape index (κ1) is 11.0. The summed E-state index contributed by atoms with van der Waals surface area (Å²) in [7, 11) is 0.